The van der Waals surface area contributed by atoms with Gasteiger partial charge in [-0.05, 0) is 61.8 Å². The van der Waals surface area contributed by atoms with E-state index in [2.05, 4.69) is 58.9 Å². The van der Waals surface area contributed by atoms with E-state index in [1.807, 2.05) is 13.0 Å². The van der Waals surface area contributed by atoms with E-state index in [1.165, 1.54) is 17.2 Å². The van der Waals surface area contributed by atoms with Crippen molar-refractivity contribution in [3.8, 4) is 0 Å². The SMILES string of the molecule is CN=C(NCCc1ccc(F)cc1C)NCc1cccc(CN(C)C)c1.I. The highest BCUT2D eigenvalue weighted by atomic mass is 127. The maximum Gasteiger partial charge on any atom is 0.191 e. The molecule has 2 aromatic rings. The Morgan fingerprint density at radius 1 is 1.07 bits per heavy atom. The first kappa shape index (κ1) is 23.4. The number of guanidine groups is 1. The molecule has 2 rings (SSSR count). The molecule has 0 aliphatic carbocycles. The van der Waals surface area contributed by atoms with E-state index in [4.69, 9.17) is 0 Å². The van der Waals surface area contributed by atoms with Crippen LogP contribution < -0.4 is 10.6 Å². The largest absolute Gasteiger partial charge is 0.356 e. The van der Waals surface area contributed by atoms with E-state index in [0.717, 1.165) is 43.1 Å². The summed E-state index contributed by atoms with van der Waals surface area (Å²) in [4.78, 5) is 6.43. The molecule has 0 aromatic heterocycles. The van der Waals surface area contributed by atoms with E-state index < -0.39 is 0 Å². The molecule has 2 N–H and O–H groups in total. The minimum absolute atomic E-state index is 0. The van der Waals surface area contributed by atoms with Crippen molar-refractivity contribution in [1.29, 1.82) is 0 Å². The molecule has 0 radical (unpaired) electrons. The van der Waals surface area contributed by atoms with E-state index in [9.17, 15) is 4.39 Å². The first-order chi connectivity index (χ1) is 12.5. The highest BCUT2D eigenvalue weighted by Crippen LogP contribution is 2.10. The zero-order valence-corrected chi connectivity index (χ0v) is 18.9. The number of halogens is 2. The number of nitrogens with zero attached hydrogens (tertiary/aromatic N) is 2. The van der Waals surface area contributed by atoms with Gasteiger partial charge < -0.3 is 15.5 Å². The summed E-state index contributed by atoms with van der Waals surface area (Å²) in [6.07, 6.45) is 0.825. The lowest BCUT2D eigenvalue weighted by atomic mass is 10.1. The molecule has 0 bridgehead atoms. The highest BCUT2D eigenvalue weighted by molar-refractivity contribution is 14.0. The van der Waals surface area contributed by atoms with Gasteiger partial charge in [0.1, 0.15) is 5.82 Å². The van der Waals surface area contributed by atoms with E-state index >= 15 is 0 Å². The second-order valence-electron chi connectivity index (χ2n) is 6.73. The lowest BCUT2D eigenvalue weighted by molar-refractivity contribution is 0.402. The smallest absolute Gasteiger partial charge is 0.191 e. The second kappa shape index (κ2) is 11.9. The third-order valence-electron chi connectivity index (χ3n) is 4.17. The number of hydrogen-bond acceptors (Lipinski definition) is 2. The summed E-state index contributed by atoms with van der Waals surface area (Å²) in [5.74, 6) is 0.580. The van der Waals surface area contributed by atoms with E-state index in [0.29, 0.717) is 0 Å². The normalized spacial score (nSPS) is 11.3. The van der Waals surface area contributed by atoms with E-state index in [1.54, 1.807) is 13.1 Å². The zero-order chi connectivity index (χ0) is 18.9. The number of hydrogen-bond donors (Lipinski definition) is 2. The Balaban J connectivity index is 0.00000364. The molecule has 0 heterocycles. The number of nitrogens with one attached hydrogen (secondary N) is 2. The summed E-state index contributed by atoms with van der Waals surface area (Å²) in [6.45, 7) is 4.33. The third-order valence-corrected chi connectivity index (χ3v) is 4.17. The predicted octanol–water partition coefficient (Wildman–Crippen LogP) is 3.72. The van der Waals surface area contributed by atoms with Crippen molar-refractivity contribution >= 4 is 29.9 Å². The third kappa shape index (κ3) is 8.26. The summed E-state index contributed by atoms with van der Waals surface area (Å²) in [5, 5.41) is 6.66. The molecule has 0 unspecified atom stereocenters. The Kier molecular flexibility index (Phi) is 10.3. The van der Waals surface area contributed by atoms with Gasteiger partial charge in [0, 0.05) is 26.7 Å². The van der Waals surface area contributed by atoms with Crippen molar-refractivity contribution < 1.29 is 4.39 Å². The van der Waals surface area contributed by atoms with Crippen LogP contribution in [0, 0.1) is 12.7 Å². The molecule has 0 saturated heterocycles. The maximum atomic E-state index is 13.2. The van der Waals surface area contributed by atoms with Crippen molar-refractivity contribution in [2.45, 2.75) is 26.4 Å². The minimum atomic E-state index is -0.187. The van der Waals surface area contributed by atoms with Crippen LogP contribution >= 0.6 is 24.0 Å². The summed E-state index contributed by atoms with van der Waals surface area (Å²) in [6, 6.07) is 13.5. The molecular weight excluding hydrogens is 454 g/mol. The Bertz CT molecular complexity index is 747. The van der Waals surface area contributed by atoms with Crippen molar-refractivity contribution in [2.24, 2.45) is 4.99 Å². The van der Waals surface area contributed by atoms with Crippen molar-refractivity contribution in [1.82, 2.24) is 15.5 Å². The van der Waals surface area contributed by atoms with Crippen LogP contribution in [0.15, 0.2) is 47.5 Å². The molecule has 0 atom stereocenters. The zero-order valence-electron chi connectivity index (χ0n) is 16.6. The van der Waals surface area contributed by atoms with Crippen LogP contribution in [0.25, 0.3) is 0 Å². The van der Waals surface area contributed by atoms with Gasteiger partial charge in [-0.1, -0.05) is 30.3 Å². The number of benzene rings is 2. The van der Waals surface area contributed by atoms with Gasteiger partial charge in [0.05, 0.1) is 0 Å². The Morgan fingerprint density at radius 2 is 1.81 bits per heavy atom. The van der Waals surface area contributed by atoms with Gasteiger partial charge in [-0.25, -0.2) is 4.39 Å². The van der Waals surface area contributed by atoms with Gasteiger partial charge in [0.25, 0.3) is 0 Å². The molecule has 148 valence electrons. The van der Waals surface area contributed by atoms with Crippen molar-refractivity contribution in [2.75, 3.05) is 27.7 Å². The lowest BCUT2D eigenvalue weighted by Gasteiger charge is -2.14. The molecule has 0 fully saturated rings. The van der Waals surface area contributed by atoms with Gasteiger partial charge in [-0.2, -0.15) is 0 Å². The van der Waals surface area contributed by atoms with Crippen LogP contribution in [0.2, 0.25) is 0 Å². The standard InChI is InChI=1S/C21H29FN4.HI/c1-16-12-20(22)9-8-19(16)10-11-24-21(23-2)25-14-17-6-5-7-18(13-17)15-26(3)4;/h5-9,12-13H,10-11,14-15H2,1-4H3,(H2,23,24,25);1H. The van der Waals surface area contributed by atoms with Crippen molar-refractivity contribution in [3.63, 3.8) is 0 Å². The summed E-state index contributed by atoms with van der Waals surface area (Å²) < 4.78 is 13.2. The first-order valence-electron chi connectivity index (χ1n) is 8.90. The maximum absolute atomic E-state index is 13.2. The van der Waals surface area contributed by atoms with Gasteiger partial charge in [-0.3, -0.25) is 4.99 Å². The number of rotatable bonds is 7. The summed E-state index contributed by atoms with van der Waals surface area (Å²) in [5.41, 5.74) is 4.64. The van der Waals surface area contributed by atoms with Crippen LogP contribution in [-0.2, 0) is 19.5 Å². The van der Waals surface area contributed by atoms with Crippen molar-refractivity contribution in [3.05, 3.63) is 70.5 Å². The van der Waals surface area contributed by atoms with Crippen LogP contribution in [0.1, 0.15) is 22.3 Å². The highest BCUT2D eigenvalue weighted by Gasteiger charge is 2.03. The Morgan fingerprint density at radius 3 is 2.48 bits per heavy atom. The Hall–Kier alpha value is -1.67. The minimum Gasteiger partial charge on any atom is -0.356 e. The quantitative estimate of drug-likeness (QED) is 0.358. The average Bonchev–Trinajstić information content (AvgIpc) is 2.59. The summed E-state index contributed by atoms with van der Waals surface area (Å²) >= 11 is 0. The average molecular weight is 484 g/mol. The molecular formula is C21H30FIN4. The molecule has 27 heavy (non-hydrogen) atoms. The second-order valence-corrected chi connectivity index (χ2v) is 6.73. The number of aryl methyl sites for hydroxylation is 1. The molecule has 0 aliphatic rings. The van der Waals surface area contributed by atoms with Gasteiger partial charge in [0.15, 0.2) is 5.96 Å². The molecule has 2 aromatic carbocycles. The molecule has 0 spiro atoms. The fraction of sp³-hybridized carbons (Fsp3) is 0.381. The fourth-order valence-corrected chi connectivity index (χ4v) is 2.86. The van der Waals surface area contributed by atoms with Gasteiger partial charge in [0.2, 0.25) is 0 Å². The fourth-order valence-electron chi connectivity index (χ4n) is 2.86. The van der Waals surface area contributed by atoms with Gasteiger partial charge in [-0.15, -0.1) is 24.0 Å². The van der Waals surface area contributed by atoms with Crippen LogP contribution in [0.4, 0.5) is 4.39 Å². The molecule has 6 heteroatoms. The predicted molar refractivity (Wildman–Crippen MR) is 122 cm³/mol. The van der Waals surface area contributed by atoms with Crippen LogP contribution in [-0.4, -0.2) is 38.5 Å². The summed E-state index contributed by atoms with van der Waals surface area (Å²) in [7, 11) is 5.90. The van der Waals surface area contributed by atoms with Gasteiger partial charge >= 0.3 is 0 Å². The molecule has 4 nitrogen and oxygen atoms in total. The number of aliphatic imine (C=N–C) groups is 1. The van der Waals surface area contributed by atoms with Crippen LogP contribution in [0.3, 0.4) is 0 Å². The lowest BCUT2D eigenvalue weighted by Crippen LogP contribution is -2.37. The first-order valence-corrected chi connectivity index (χ1v) is 8.90. The Labute approximate surface area is 179 Å². The molecule has 0 amide bonds. The molecule has 0 aliphatic heterocycles. The topological polar surface area (TPSA) is 39.7 Å². The monoisotopic (exact) mass is 484 g/mol. The van der Waals surface area contributed by atoms with Crippen LogP contribution in [0.5, 0.6) is 0 Å². The van der Waals surface area contributed by atoms with E-state index in [-0.39, 0.29) is 29.8 Å². The molecule has 0 saturated carbocycles.